The second kappa shape index (κ2) is 8.35. The minimum Gasteiger partial charge on any atom is -0.333 e. The first-order valence-corrected chi connectivity index (χ1v) is 10.2. The Kier molecular flexibility index (Phi) is 5.89. The Labute approximate surface area is 163 Å². The Morgan fingerprint density at radius 1 is 1.14 bits per heavy atom. The van der Waals surface area contributed by atoms with E-state index in [4.69, 9.17) is 0 Å². The summed E-state index contributed by atoms with van der Waals surface area (Å²) >= 11 is 0. The molecule has 28 heavy (non-hydrogen) atoms. The number of imidazole rings is 1. The van der Waals surface area contributed by atoms with Gasteiger partial charge in [0.05, 0.1) is 16.5 Å². The highest BCUT2D eigenvalue weighted by Crippen LogP contribution is 2.19. The molecule has 0 aliphatic heterocycles. The van der Waals surface area contributed by atoms with Gasteiger partial charge in [-0.05, 0) is 48.9 Å². The number of amides is 1. The standard InChI is InChI=1S/C20H20FN3O3S/c1-15(28(26,27)19-8-4-17(21)5-9-19)12-20(25)23-18-6-2-16(3-7-18)13-24-11-10-22-14-24/h2-11,14-15H,12-13H2,1H3,(H,23,25). The fourth-order valence-electron chi connectivity index (χ4n) is 2.72. The van der Waals surface area contributed by atoms with Crippen LogP contribution in [0.15, 0.2) is 72.1 Å². The van der Waals surface area contributed by atoms with Gasteiger partial charge >= 0.3 is 0 Å². The number of hydrogen-bond acceptors (Lipinski definition) is 4. The topological polar surface area (TPSA) is 81.1 Å². The van der Waals surface area contributed by atoms with E-state index in [1.54, 1.807) is 24.7 Å². The van der Waals surface area contributed by atoms with Crippen molar-refractivity contribution in [2.45, 2.75) is 30.0 Å². The van der Waals surface area contributed by atoms with E-state index >= 15 is 0 Å². The lowest BCUT2D eigenvalue weighted by Gasteiger charge is -2.13. The molecule has 1 aromatic heterocycles. The molecule has 1 amide bonds. The van der Waals surface area contributed by atoms with E-state index in [-0.39, 0.29) is 11.3 Å². The summed E-state index contributed by atoms with van der Waals surface area (Å²) in [6, 6.07) is 11.9. The third-order valence-corrected chi connectivity index (χ3v) is 6.46. The van der Waals surface area contributed by atoms with Gasteiger partial charge in [-0.2, -0.15) is 0 Å². The molecule has 0 saturated heterocycles. The van der Waals surface area contributed by atoms with Crippen molar-refractivity contribution in [3.63, 3.8) is 0 Å². The number of hydrogen-bond donors (Lipinski definition) is 1. The quantitative estimate of drug-likeness (QED) is 0.616. The smallest absolute Gasteiger partial charge is 0.225 e. The van der Waals surface area contributed by atoms with Gasteiger partial charge in [0.15, 0.2) is 9.84 Å². The number of nitrogens with one attached hydrogen (secondary N) is 1. The van der Waals surface area contributed by atoms with Crippen molar-refractivity contribution < 1.29 is 17.6 Å². The lowest BCUT2D eigenvalue weighted by Crippen LogP contribution is -2.25. The van der Waals surface area contributed by atoms with Crippen LogP contribution in [0, 0.1) is 5.82 Å². The molecule has 0 bridgehead atoms. The van der Waals surface area contributed by atoms with Gasteiger partial charge < -0.3 is 9.88 Å². The molecule has 6 nitrogen and oxygen atoms in total. The van der Waals surface area contributed by atoms with Crippen molar-refractivity contribution in [1.82, 2.24) is 9.55 Å². The number of sulfone groups is 1. The number of benzene rings is 2. The molecule has 0 aliphatic carbocycles. The molecule has 0 aliphatic rings. The van der Waals surface area contributed by atoms with E-state index in [0.29, 0.717) is 12.2 Å². The van der Waals surface area contributed by atoms with Crippen molar-refractivity contribution >= 4 is 21.4 Å². The summed E-state index contributed by atoms with van der Waals surface area (Å²) in [6.07, 6.45) is 5.09. The number of nitrogens with zero attached hydrogens (tertiary/aromatic N) is 2. The summed E-state index contributed by atoms with van der Waals surface area (Å²) in [5, 5.41) is 1.78. The average molecular weight is 401 g/mol. The van der Waals surface area contributed by atoms with Crippen LogP contribution in [0.3, 0.4) is 0 Å². The molecule has 146 valence electrons. The predicted octanol–water partition coefficient (Wildman–Crippen LogP) is 3.26. The van der Waals surface area contributed by atoms with Gasteiger partial charge in [-0.25, -0.2) is 17.8 Å². The first-order chi connectivity index (χ1) is 13.3. The Bertz CT molecular complexity index is 1030. The lowest BCUT2D eigenvalue weighted by atomic mass is 10.2. The van der Waals surface area contributed by atoms with Crippen LogP contribution in [0.25, 0.3) is 0 Å². The van der Waals surface area contributed by atoms with Gasteiger partial charge in [-0.1, -0.05) is 12.1 Å². The maximum atomic E-state index is 13.0. The predicted molar refractivity (Wildman–Crippen MR) is 104 cm³/mol. The summed E-state index contributed by atoms with van der Waals surface area (Å²) in [5.41, 5.74) is 1.63. The largest absolute Gasteiger partial charge is 0.333 e. The van der Waals surface area contributed by atoms with Gasteiger partial charge in [0.2, 0.25) is 5.91 Å². The normalized spacial score (nSPS) is 12.5. The molecule has 8 heteroatoms. The van der Waals surface area contributed by atoms with Crippen LogP contribution in [-0.4, -0.2) is 29.1 Å². The number of halogens is 1. The van der Waals surface area contributed by atoms with Crippen LogP contribution in [0.4, 0.5) is 10.1 Å². The number of carbonyl (C=O) groups excluding carboxylic acids is 1. The first kappa shape index (κ1) is 19.8. The van der Waals surface area contributed by atoms with Crippen LogP contribution in [0.5, 0.6) is 0 Å². The number of carbonyl (C=O) groups is 1. The lowest BCUT2D eigenvalue weighted by molar-refractivity contribution is -0.116. The van der Waals surface area contributed by atoms with Crippen LogP contribution in [0.1, 0.15) is 18.9 Å². The highest BCUT2D eigenvalue weighted by molar-refractivity contribution is 7.92. The van der Waals surface area contributed by atoms with Crippen LogP contribution in [0.2, 0.25) is 0 Å². The average Bonchev–Trinajstić information content (AvgIpc) is 3.16. The van der Waals surface area contributed by atoms with Crippen molar-refractivity contribution in [2.75, 3.05) is 5.32 Å². The van der Waals surface area contributed by atoms with E-state index in [9.17, 15) is 17.6 Å². The second-order valence-electron chi connectivity index (χ2n) is 6.49. The molecule has 1 unspecified atom stereocenters. The number of aromatic nitrogens is 2. The molecule has 2 aromatic carbocycles. The zero-order chi connectivity index (χ0) is 20.1. The third kappa shape index (κ3) is 4.83. The molecule has 3 rings (SSSR count). The summed E-state index contributed by atoms with van der Waals surface area (Å²) < 4.78 is 40.0. The Balaban J connectivity index is 1.59. The van der Waals surface area contributed by atoms with Gasteiger partial charge in [0, 0.05) is 31.0 Å². The maximum absolute atomic E-state index is 13.0. The first-order valence-electron chi connectivity index (χ1n) is 8.68. The van der Waals surface area contributed by atoms with E-state index in [1.165, 1.54) is 19.1 Å². The number of rotatable bonds is 7. The fourth-order valence-corrected chi connectivity index (χ4v) is 4.07. The van der Waals surface area contributed by atoms with Crippen molar-refractivity contribution in [3.8, 4) is 0 Å². The monoisotopic (exact) mass is 401 g/mol. The van der Waals surface area contributed by atoms with Crippen molar-refractivity contribution in [3.05, 3.63) is 78.6 Å². The summed E-state index contributed by atoms with van der Waals surface area (Å²) in [7, 11) is -3.72. The molecule has 0 saturated carbocycles. The maximum Gasteiger partial charge on any atom is 0.225 e. The fraction of sp³-hybridized carbons (Fsp3) is 0.200. The zero-order valence-electron chi connectivity index (χ0n) is 15.2. The molecular formula is C20H20FN3O3S. The Morgan fingerprint density at radius 2 is 1.82 bits per heavy atom. The summed E-state index contributed by atoms with van der Waals surface area (Å²) in [6.45, 7) is 2.13. The van der Waals surface area contributed by atoms with Crippen molar-refractivity contribution in [2.24, 2.45) is 0 Å². The third-order valence-electron chi connectivity index (χ3n) is 4.31. The van der Waals surface area contributed by atoms with Gasteiger partial charge in [0.25, 0.3) is 0 Å². The van der Waals surface area contributed by atoms with Crippen LogP contribution in [-0.2, 0) is 21.2 Å². The highest BCUT2D eigenvalue weighted by atomic mass is 32.2. The Hall–Kier alpha value is -3.00. The molecule has 0 spiro atoms. The number of anilines is 1. The molecular weight excluding hydrogens is 381 g/mol. The summed E-state index contributed by atoms with van der Waals surface area (Å²) in [4.78, 5) is 16.2. The van der Waals surface area contributed by atoms with Gasteiger partial charge in [-0.15, -0.1) is 0 Å². The molecule has 1 heterocycles. The van der Waals surface area contributed by atoms with Gasteiger partial charge in [0.1, 0.15) is 5.82 Å². The minimum absolute atomic E-state index is 0.00180. The Morgan fingerprint density at radius 3 is 2.43 bits per heavy atom. The summed E-state index contributed by atoms with van der Waals surface area (Å²) in [5.74, 6) is -0.915. The van der Waals surface area contributed by atoms with E-state index in [0.717, 1.165) is 17.7 Å². The van der Waals surface area contributed by atoms with Crippen molar-refractivity contribution in [1.29, 1.82) is 0 Å². The molecule has 1 atom stereocenters. The second-order valence-corrected chi connectivity index (χ2v) is 8.86. The van der Waals surface area contributed by atoms with Gasteiger partial charge in [-0.3, -0.25) is 4.79 Å². The molecule has 0 radical (unpaired) electrons. The SMILES string of the molecule is CC(CC(=O)Nc1ccc(Cn2ccnc2)cc1)S(=O)(=O)c1ccc(F)cc1. The van der Waals surface area contributed by atoms with E-state index in [2.05, 4.69) is 10.3 Å². The molecule has 3 aromatic rings. The van der Waals surface area contributed by atoms with E-state index < -0.39 is 26.8 Å². The minimum atomic E-state index is -3.72. The highest BCUT2D eigenvalue weighted by Gasteiger charge is 2.25. The van der Waals surface area contributed by atoms with Crippen LogP contribution < -0.4 is 5.32 Å². The zero-order valence-corrected chi connectivity index (χ0v) is 16.1. The molecule has 0 fully saturated rings. The van der Waals surface area contributed by atoms with E-state index in [1.807, 2.05) is 22.9 Å². The molecule has 1 N–H and O–H groups in total. The van der Waals surface area contributed by atoms with Crippen LogP contribution >= 0.6 is 0 Å².